The van der Waals surface area contributed by atoms with Gasteiger partial charge < -0.3 is 16.0 Å². The van der Waals surface area contributed by atoms with Gasteiger partial charge in [-0.1, -0.05) is 13.8 Å². The molecular formula is C12H25N3O2. The van der Waals surface area contributed by atoms with Crippen LogP contribution >= 0.6 is 0 Å². The summed E-state index contributed by atoms with van der Waals surface area (Å²) in [6.07, 6.45) is 0.386. The van der Waals surface area contributed by atoms with E-state index in [2.05, 4.69) is 16.0 Å². The Balaban J connectivity index is 3.83. The topological polar surface area (TPSA) is 70.2 Å². The standard InChI is InChI=1S/C12H25N3O2/c1-8(2)13-7-6-11(16)15-10(5)12(17)14-9(3)4/h8-10,13H,6-7H2,1-5H3,(H,14,17)(H,15,16). The Morgan fingerprint density at radius 3 is 2.00 bits per heavy atom. The summed E-state index contributed by atoms with van der Waals surface area (Å²) in [4.78, 5) is 23.0. The van der Waals surface area contributed by atoms with Crippen LogP contribution in [0, 0.1) is 0 Å². The molecule has 0 saturated heterocycles. The maximum absolute atomic E-state index is 11.5. The Kier molecular flexibility index (Phi) is 7.54. The summed E-state index contributed by atoms with van der Waals surface area (Å²) in [5.74, 6) is -0.255. The average molecular weight is 243 g/mol. The van der Waals surface area contributed by atoms with Crippen molar-refractivity contribution in [2.75, 3.05) is 6.54 Å². The maximum Gasteiger partial charge on any atom is 0.242 e. The van der Waals surface area contributed by atoms with Gasteiger partial charge >= 0.3 is 0 Å². The molecule has 5 heteroatoms. The van der Waals surface area contributed by atoms with E-state index < -0.39 is 6.04 Å². The van der Waals surface area contributed by atoms with E-state index in [9.17, 15) is 9.59 Å². The van der Waals surface area contributed by atoms with Gasteiger partial charge in [0.2, 0.25) is 11.8 Å². The van der Waals surface area contributed by atoms with Gasteiger partial charge in [0.1, 0.15) is 6.04 Å². The highest BCUT2D eigenvalue weighted by Gasteiger charge is 2.15. The zero-order chi connectivity index (χ0) is 13.4. The Bertz CT molecular complexity index is 252. The predicted molar refractivity (Wildman–Crippen MR) is 68.6 cm³/mol. The van der Waals surface area contributed by atoms with E-state index in [0.717, 1.165) is 0 Å². The number of hydrogen-bond acceptors (Lipinski definition) is 3. The second-order valence-corrected chi connectivity index (χ2v) is 4.81. The van der Waals surface area contributed by atoms with Crippen molar-refractivity contribution < 1.29 is 9.59 Å². The molecule has 17 heavy (non-hydrogen) atoms. The summed E-state index contributed by atoms with van der Waals surface area (Å²) in [7, 11) is 0. The van der Waals surface area contributed by atoms with Crippen molar-refractivity contribution in [1.29, 1.82) is 0 Å². The summed E-state index contributed by atoms with van der Waals surface area (Å²) in [5, 5.41) is 8.57. The van der Waals surface area contributed by atoms with Crippen LogP contribution in [0.25, 0.3) is 0 Å². The number of rotatable bonds is 7. The van der Waals surface area contributed by atoms with Crippen molar-refractivity contribution in [1.82, 2.24) is 16.0 Å². The van der Waals surface area contributed by atoms with Crippen LogP contribution in [-0.4, -0.2) is 36.5 Å². The number of nitrogens with one attached hydrogen (secondary N) is 3. The molecule has 0 bridgehead atoms. The van der Waals surface area contributed by atoms with E-state index in [-0.39, 0.29) is 17.9 Å². The number of amides is 2. The number of hydrogen-bond donors (Lipinski definition) is 3. The molecule has 0 rings (SSSR count). The first kappa shape index (κ1) is 15.9. The lowest BCUT2D eigenvalue weighted by Gasteiger charge is -2.16. The quantitative estimate of drug-likeness (QED) is 0.606. The minimum atomic E-state index is -0.482. The van der Waals surface area contributed by atoms with Gasteiger partial charge in [0.25, 0.3) is 0 Å². The zero-order valence-corrected chi connectivity index (χ0v) is 11.5. The summed E-state index contributed by atoms with van der Waals surface area (Å²) >= 11 is 0. The maximum atomic E-state index is 11.5. The monoisotopic (exact) mass is 243 g/mol. The molecule has 0 heterocycles. The molecule has 0 spiro atoms. The molecule has 3 N–H and O–H groups in total. The lowest BCUT2D eigenvalue weighted by atomic mass is 10.2. The summed E-state index contributed by atoms with van der Waals surface area (Å²) in [6.45, 7) is 10.1. The van der Waals surface area contributed by atoms with Crippen molar-refractivity contribution in [2.24, 2.45) is 0 Å². The average Bonchev–Trinajstić information content (AvgIpc) is 2.15. The van der Waals surface area contributed by atoms with Crippen molar-refractivity contribution >= 4 is 11.8 Å². The summed E-state index contributed by atoms with van der Waals surface area (Å²) in [5.41, 5.74) is 0. The molecule has 0 aromatic rings. The van der Waals surface area contributed by atoms with Gasteiger partial charge in [0.05, 0.1) is 0 Å². The van der Waals surface area contributed by atoms with Crippen molar-refractivity contribution in [3.05, 3.63) is 0 Å². The van der Waals surface area contributed by atoms with Gasteiger partial charge in [-0.2, -0.15) is 0 Å². The third-order valence-electron chi connectivity index (χ3n) is 2.11. The molecule has 0 aliphatic heterocycles. The Labute approximate surface area is 104 Å². The predicted octanol–water partition coefficient (Wildman–Crippen LogP) is 0.404. The normalized spacial score (nSPS) is 12.6. The molecule has 100 valence electrons. The van der Waals surface area contributed by atoms with Gasteiger partial charge in [0.15, 0.2) is 0 Å². The van der Waals surface area contributed by atoms with Crippen LogP contribution in [0.5, 0.6) is 0 Å². The Hall–Kier alpha value is -1.10. The van der Waals surface area contributed by atoms with Crippen molar-refractivity contribution in [2.45, 2.75) is 59.2 Å². The fourth-order valence-corrected chi connectivity index (χ4v) is 1.26. The Morgan fingerprint density at radius 2 is 1.53 bits per heavy atom. The molecule has 0 aliphatic rings. The van der Waals surface area contributed by atoms with Crippen LogP contribution in [0.3, 0.4) is 0 Å². The minimum Gasteiger partial charge on any atom is -0.352 e. The molecule has 5 nitrogen and oxygen atoms in total. The minimum absolute atomic E-state index is 0.0875. The van der Waals surface area contributed by atoms with E-state index in [4.69, 9.17) is 0 Å². The summed E-state index contributed by atoms with van der Waals surface area (Å²) in [6, 6.07) is -0.0297. The molecule has 0 aromatic heterocycles. The van der Waals surface area contributed by atoms with Crippen LogP contribution in [0.15, 0.2) is 0 Å². The highest BCUT2D eigenvalue weighted by Crippen LogP contribution is 1.88. The lowest BCUT2D eigenvalue weighted by molar-refractivity contribution is -0.128. The molecule has 1 atom stereocenters. The fourth-order valence-electron chi connectivity index (χ4n) is 1.26. The van der Waals surface area contributed by atoms with Gasteiger partial charge in [-0.15, -0.1) is 0 Å². The number of carbonyl (C=O) groups excluding carboxylic acids is 2. The molecule has 0 radical (unpaired) electrons. The van der Waals surface area contributed by atoms with E-state index in [0.29, 0.717) is 19.0 Å². The van der Waals surface area contributed by atoms with Crippen LogP contribution in [0.2, 0.25) is 0 Å². The van der Waals surface area contributed by atoms with Gasteiger partial charge in [-0.05, 0) is 20.8 Å². The molecule has 1 unspecified atom stereocenters. The number of carbonyl (C=O) groups is 2. The van der Waals surface area contributed by atoms with Crippen LogP contribution in [-0.2, 0) is 9.59 Å². The molecule has 0 aliphatic carbocycles. The highest BCUT2D eigenvalue weighted by atomic mass is 16.2. The molecule has 0 aromatic carbocycles. The molecule has 0 saturated carbocycles. The second-order valence-electron chi connectivity index (χ2n) is 4.81. The van der Waals surface area contributed by atoms with Gasteiger partial charge in [0, 0.05) is 25.0 Å². The SMILES string of the molecule is CC(C)NCCC(=O)NC(C)C(=O)NC(C)C. The van der Waals surface area contributed by atoms with E-state index in [1.54, 1.807) is 6.92 Å². The highest BCUT2D eigenvalue weighted by molar-refractivity contribution is 5.87. The summed E-state index contributed by atoms with van der Waals surface area (Å²) < 4.78 is 0. The third-order valence-corrected chi connectivity index (χ3v) is 2.11. The zero-order valence-electron chi connectivity index (χ0n) is 11.5. The molecule has 0 fully saturated rings. The molecular weight excluding hydrogens is 218 g/mol. The smallest absolute Gasteiger partial charge is 0.242 e. The van der Waals surface area contributed by atoms with E-state index in [1.807, 2.05) is 27.7 Å². The molecule has 2 amide bonds. The van der Waals surface area contributed by atoms with Crippen molar-refractivity contribution in [3.8, 4) is 0 Å². The first-order chi connectivity index (χ1) is 7.82. The van der Waals surface area contributed by atoms with Crippen LogP contribution < -0.4 is 16.0 Å². The first-order valence-electron chi connectivity index (χ1n) is 6.16. The lowest BCUT2D eigenvalue weighted by Crippen LogP contribution is -2.47. The third kappa shape index (κ3) is 8.68. The largest absolute Gasteiger partial charge is 0.352 e. The van der Waals surface area contributed by atoms with E-state index in [1.165, 1.54) is 0 Å². The van der Waals surface area contributed by atoms with Crippen LogP contribution in [0.4, 0.5) is 0 Å². The fraction of sp³-hybridized carbons (Fsp3) is 0.833. The van der Waals surface area contributed by atoms with E-state index >= 15 is 0 Å². The van der Waals surface area contributed by atoms with Gasteiger partial charge in [-0.3, -0.25) is 9.59 Å². The Morgan fingerprint density at radius 1 is 0.941 bits per heavy atom. The second kappa shape index (κ2) is 8.06. The van der Waals surface area contributed by atoms with Crippen LogP contribution in [0.1, 0.15) is 41.0 Å². The first-order valence-corrected chi connectivity index (χ1v) is 6.16. The van der Waals surface area contributed by atoms with Crippen molar-refractivity contribution in [3.63, 3.8) is 0 Å². The van der Waals surface area contributed by atoms with Gasteiger partial charge in [-0.25, -0.2) is 0 Å².